The summed E-state index contributed by atoms with van der Waals surface area (Å²) >= 11 is 0. The molecule has 5 heteroatoms. The normalized spacial score (nSPS) is 23.7. The Morgan fingerprint density at radius 1 is 1.50 bits per heavy atom. The average Bonchev–Trinajstić information content (AvgIpc) is 2.69. The van der Waals surface area contributed by atoms with Crippen molar-refractivity contribution in [3.05, 3.63) is 18.3 Å². The third kappa shape index (κ3) is 2.91. The molecule has 0 saturated carbocycles. The molecule has 2 unspecified atom stereocenters. The van der Waals surface area contributed by atoms with Crippen LogP contribution in [-0.2, 0) is 0 Å². The first kappa shape index (κ1) is 13.1. The molecular formula is C13H21N3O2. The number of anilines is 1. The highest BCUT2D eigenvalue weighted by molar-refractivity contribution is 5.43. The van der Waals surface area contributed by atoms with Crippen LogP contribution >= 0.6 is 0 Å². The van der Waals surface area contributed by atoms with Crippen LogP contribution in [0, 0.1) is 0 Å². The first-order chi connectivity index (χ1) is 8.60. The van der Waals surface area contributed by atoms with Crippen LogP contribution < -0.4 is 9.64 Å². The number of rotatable bonds is 4. The number of likely N-dealkylation sites (N-methyl/N-ethyl adjacent to an activating group) is 1. The Bertz CT molecular complexity index is 380. The largest absolute Gasteiger partial charge is 0.495 e. The van der Waals surface area contributed by atoms with Gasteiger partial charge in [-0.1, -0.05) is 0 Å². The SMILES string of the molecule is COc1ccc(N2CC(O)CC2CN(C)C)nc1. The monoisotopic (exact) mass is 251 g/mol. The van der Waals surface area contributed by atoms with Crippen molar-refractivity contribution in [2.24, 2.45) is 0 Å². The van der Waals surface area contributed by atoms with Gasteiger partial charge in [-0.05, 0) is 32.6 Å². The van der Waals surface area contributed by atoms with E-state index in [4.69, 9.17) is 4.74 Å². The second-order valence-electron chi connectivity index (χ2n) is 5.01. The maximum Gasteiger partial charge on any atom is 0.137 e. The van der Waals surface area contributed by atoms with Gasteiger partial charge in [0.2, 0.25) is 0 Å². The average molecular weight is 251 g/mol. The summed E-state index contributed by atoms with van der Waals surface area (Å²) in [6, 6.07) is 4.16. The van der Waals surface area contributed by atoms with E-state index in [0.29, 0.717) is 12.6 Å². The molecule has 1 fully saturated rings. The minimum absolute atomic E-state index is 0.265. The van der Waals surface area contributed by atoms with Gasteiger partial charge in [0.25, 0.3) is 0 Å². The molecule has 1 aliphatic heterocycles. The fraction of sp³-hybridized carbons (Fsp3) is 0.615. The molecule has 2 rings (SSSR count). The summed E-state index contributed by atoms with van der Waals surface area (Å²) in [5.41, 5.74) is 0. The number of ether oxygens (including phenoxy) is 1. The lowest BCUT2D eigenvalue weighted by Crippen LogP contribution is -2.38. The van der Waals surface area contributed by atoms with Gasteiger partial charge in [-0.2, -0.15) is 0 Å². The fourth-order valence-corrected chi connectivity index (χ4v) is 2.43. The molecule has 1 aromatic rings. The first-order valence-corrected chi connectivity index (χ1v) is 6.19. The number of methoxy groups -OCH3 is 1. The van der Waals surface area contributed by atoms with Gasteiger partial charge in [0, 0.05) is 19.1 Å². The van der Waals surface area contributed by atoms with Gasteiger partial charge in [-0.25, -0.2) is 4.98 Å². The zero-order valence-electron chi connectivity index (χ0n) is 11.2. The van der Waals surface area contributed by atoms with Gasteiger partial charge < -0.3 is 19.6 Å². The maximum atomic E-state index is 9.83. The quantitative estimate of drug-likeness (QED) is 0.849. The summed E-state index contributed by atoms with van der Waals surface area (Å²) in [6.07, 6.45) is 2.25. The van der Waals surface area contributed by atoms with Gasteiger partial charge in [0.1, 0.15) is 11.6 Å². The highest BCUT2D eigenvalue weighted by atomic mass is 16.5. The summed E-state index contributed by atoms with van der Waals surface area (Å²) in [4.78, 5) is 8.70. The minimum atomic E-state index is -0.265. The Morgan fingerprint density at radius 2 is 2.28 bits per heavy atom. The van der Waals surface area contributed by atoms with E-state index in [1.54, 1.807) is 13.3 Å². The number of aromatic nitrogens is 1. The lowest BCUT2D eigenvalue weighted by Gasteiger charge is -2.27. The molecule has 0 bridgehead atoms. The molecule has 0 aliphatic carbocycles. The third-order valence-corrected chi connectivity index (χ3v) is 3.22. The first-order valence-electron chi connectivity index (χ1n) is 6.19. The molecule has 100 valence electrons. The number of aliphatic hydroxyl groups is 1. The highest BCUT2D eigenvalue weighted by Gasteiger charge is 2.31. The van der Waals surface area contributed by atoms with E-state index in [1.807, 2.05) is 26.2 Å². The summed E-state index contributed by atoms with van der Waals surface area (Å²) in [6.45, 7) is 1.57. The van der Waals surface area contributed by atoms with E-state index in [0.717, 1.165) is 24.5 Å². The molecule has 2 atom stereocenters. The topological polar surface area (TPSA) is 48.8 Å². The predicted octanol–water partition coefficient (Wildman–Crippen LogP) is 0.591. The van der Waals surface area contributed by atoms with Crippen LogP contribution in [0.2, 0.25) is 0 Å². The number of aliphatic hydroxyl groups excluding tert-OH is 1. The van der Waals surface area contributed by atoms with Crippen LogP contribution in [0.1, 0.15) is 6.42 Å². The lowest BCUT2D eigenvalue weighted by molar-refractivity contribution is 0.191. The zero-order chi connectivity index (χ0) is 13.1. The molecule has 18 heavy (non-hydrogen) atoms. The van der Waals surface area contributed by atoms with Gasteiger partial charge in [-0.15, -0.1) is 0 Å². The number of hydrogen-bond acceptors (Lipinski definition) is 5. The van der Waals surface area contributed by atoms with Crippen molar-refractivity contribution in [1.29, 1.82) is 0 Å². The van der Waals surface area contributed by atoms with Crippen molar-refractivity contribution in [3.8, 4) is 5.75 Å². The summed E-state index contributed by atoms with van der Waals surface area (Å²) < 4.78 is 5.11. The van der Waals surface area contributed by atoms with Crippen LogP contribution in [-0.4, -0.2) is 61.4 Å². The molecule has 0 radical (unpaired) electrons. The Morgan fingerprint density at radius 3 is 2.83 bits per heavy atom. The van der Waals surface area contributed by atoms with Gasteiger partial charge in [0.15, 0.2) is 0 Å². The summed E-state index contributed by atoms with van der Waals surface area (Å²) in [5.74, 6) is 1.65. The van der Waals surface area contributed by atoms with Gasteiger partial charge in [-0.3, -0.25) is 0 Å². The lowest BCUT2D eigenvalue weighted by atomic mass is 10.2. The smallest absolute Gasteiger partial charge is 0.137 e. The highest BCUT2D eigenvalue weighted by Crippen LogP contribution is 2.25. The second-order valence-corrected chi connectivity index (χ2v) is 5.01. The zero-order valence-corrected chi connectivity index (χ0v) is 11.2. The van der Waals surface area contributed by atoms with Crippen molar-refractivity contribution >= 4 is 5.82 Å². The van der Waals surface area contributed by atoms with Crippen molar-refractivity contribution in [1.82, 2.24) is 9.88 Å². The Kier molecular flexibility index (Phi) is 4.04. The van der Waals surface area contributed by atoms with E-state index >= 15 is 0 Å². The van der Waals surface area contributed by atoms with Crippen LogP contribution in [0.5, 0.6) is 5.75 Å². The van der Waals surface area contributed by atoms with E-state index in [-0.39, 0.29) is 6.10 Å². The molecule has 2 heterocycles. The van der Waals surface area contributed by atoms with E-state index in [9.17, 15) is 5.11 Å². The minimum Gasteiger partial charge on any atom is -0.495 e. The fourth-order valence-electron chi connectivity index (χ4n) is 2.43. The van der Waals surface area contributed by atoms with E-state index < -0.39 is 0 Å². The molecule has 1 N–H and O–H groups in total. The Balaban J connectivity index is 2.13. The molecule has 1 aliphatic rings. The molecule has 0 spiro atoms. The molecule has 5 nitrogen and oxygen atoms in total. The van der Waals surface area contributed by atoms with Crippen LogP contribution in [0.4, 0.5) is 5.82 Å². The summed E-state index contributed by atoms with van der Waals surface area (Å²) in [7, 11) is 5.72. The van der Waals surface area contributed by atoms with Gasteiger partial charge in [0.05, 0.1) is 19.4 Å². The number of nitrogens with zero attached hydrogens (tertiary/aromatic N) is 3. The van der Waals surface area contributed by atoms with Crippen molar-refractivity contribution in [3.63, 3.8) is 0 Å². The second kappa shape index (κ2) is 5.54. The number of β-amino-alcohol motifs (C(OH)–C–C–N with tert-alkyl or cyclic N) is 1. The van der Waals surface area contributed by atoms with Crippen LogP contribution in [0.3, 0.4) is 0 Å². The molecular weight excluding hydrogens is 230 g/mol. The Labute approximate surface area is 108 Å². The number of pyridine rings is 1. The molecule has 0 amide bonds. The van der Waals surface area contributed by atoms with Crippen LogP contribution in [0.25, 0.3) is 0 Å². The van der Waals surface area contributed by atoms with Crippen molar-refractivity contribution < 1.29 is 9.84 Å². The predicted molar refractivity (Wildman–Crippen MR) is 71.1 cm³/mol. The van der Waals surface area contributed by atoms with E-state index in [1.165, 1.54) is 0 Å². The third-order valence-electron chi connectivity index (χ3n) is 3.22. The molecule has 1 aromatic heterocycles. The van der Waals surface area contributed by atoms with Crippen molar-refractivity contribution in [2.45, 2.75) is 18.6 Å². The standard InChI is InChI=1S/C13H21N3O2/c1-15(2)8-10-6-11(17)9-16(10)13-5-4-12(18-3)7-14-13/h4-5,7,10-11,17H,6,8-9H2,1-3H3. The molecule has 1 saturated heterocycles. The van der Waals surface area contributed by atoms with Gasteiger partial charge >= 0.3 is 0 Å². The van der Waals surface area contributed by atoms with Crippen molar-refractivity contribution in [2.75, 3.05) is 39.2 Å². The number of hydrogen-bond donors (Lipinski definition) is 1. The summed E-state index contributed by atoms with van der Waals surface area (Å²) in [5, 5.41) is 9.83. The maximum absolute atomic E-state index is 9.83. The van der Waals surface area contributed by atoms with Crippen LogP contribution in [0.15, 0.2) is 18.3 Å². The Hall–Kier alpha value is -1.33. The van der Waals surface area contributed by atoms with E-state index in [2.05, 4.69) is 14.8 Å². The molecule has 0 aromatic carbocycles.